The fraction of sp³-hybridized carbons (Fsp3) is 0.667. The van der Waals surface area contributed by atoms with Crippen molar-refractivity contribution < 1.29 is 18.0 Å². The lowest BCUT2D eigenvalue weighted by atomic mass is 10.2. The highest BCUT2D eigenvalue weighted by Gasteiger charge is 2.35. The summed E-state index contributed by atoms with van der Waals surface area (Å²) in [7, 11) is 0. The molecule has 1 N–H and O–H groups in total. The first kappa shape index (κ1) is 13.9. The first-order valence-electron chi connectivity index (χ1n) is 5.09. The molecule has 0 aromatic carbocycles. The highest BCUT2D eigenvalue weighted by Crippen LogP contribution is 2.31. The van der Waals surface area contributed by atoms with Crippen molar-refractivity contribution in [1.29, 1.82) is 0 Å². The molecule has 0 aliphatic heterocycles. The summed E-state index contributed by atoms with van der Waals surface area (Å²) in [5.41, 5.74) is 0. The first-order chi connectivity index (χ1) is 7.93. The molecule has 1 rings (SSSR count). The normalized spacial score (nSPS) is 11.5. The molecule has 1 heterocycles. The highest BCUT2D eigenvalue weighted by molar-refractivity contribution is 7.11. The van der Waals surface area contributed by atoms with Gasteiger partial charge in [0.05, 0.1) is 6.54 Å². The molecule has 0 bridgehead atoms. The number of nitrogens with one attached hydrogen (secondary N) is 1. The molecule has 0 spiro atoms. The highest BCUT2D eigenvalue weighted by atomic mass is 32.1. The van der Waals surface area contributed by atoms with Crippen LogP contribution in [0.5, 0.6) is 0 Å². The molecule has 0 aliphatic rings. The topological polar surface area (TPSA) is 54.9 Å². The van der Waals surface area contributed by atoms with E-state index in [1.165, 1.54) is 0 Å². The molecule has 0 unspecified atom stereocenters. The Kier molecular flexibility index (Phi) is 4.86. The molecule has 0 saturated heterocycles. The number of unbranched alkanes of at least 4 members (excludes halogenated alkanes) is 1. The van der Waals surface area contributed by atoms with E-state index >= 15 is 0 Å². The van der Waals surface area contributed by atoms with Crippen LogP contribution >= 0.6 is 11.3 Å². The predicted octanol–water partition coefficient (Wildman–Crippen LogP) is 2.36. The van der Waals surface area contributed by atoms with E-state index in [0.717, 1.165) is 12.8 Å². The molecule has 0 saturated carbocycles. The molecule has 8 heteroatoms. The maximum atomic E-state index is 12.2. The van der Waals surface area contributed by atoms with Crippen molar-refractivity contribution in [2.45, 2.75) is 38.9 Å². The van der Waals surface area contributed by atoms with Crippen molar-refractivity contribution in [3.05, 3.63) is 10.0 Å². The SMILES string of the molecule is CCCCC(=O)NCc1nnc(C(F)(F)F)s1. The van der Waals surface area contributed by atoms with E-state index < -0.39 is 11.2 Å². The van der Waals surface area contributed by atoms with Crippen LogP contribution in [0.2, 0.25) is 0 Å². The van der Waals surface area contributed by atoms with Gasteiger partial charge in [0, 0.05) is 6.42 Å². The second-order valence-corrected chi connectivity index (χ2v) is 4.44. The number of carbonyl (C=O) groups is 1. The minimum Gasteiger partial charge on any atom is -0.350 e. The van der Waals surface area contributed by atoms with Gasteiger partial charge in [-0.1, -0.05) is 24.7 Å². The van der Waals surface area contributed by atoms with Crippen LogP contribution in [-0.2, 0) is 17.5 Å². The van der Waals surface area contributed by atoms with Crippen LogP contribution in [-0.4, -0.2) is 16.1 Å². The predicted molar refractivity (Wildman–Crippen MR) is 56.3 cm³/mol. The third-order valence-electron chi connectivity index (χ3n) is 1.90. The Morgan fingerprint density at radius 1 is 1.41 bits per heavy atom. The third kappa shape index (κ3) is 4.68. The molecule has 17 heavy (non-hydrogen) atoms. The molecule has 0 fully saturated rings. The van der Waals surface area contributed by atoms with Crippen molar-refractivity contribution in [2.24, 2.45) is 0 Å². The Balaban J connectivity index is 2.42. The average molecular weight is 267 g/mol. The van der Waals surface area contributed by atoms with Gasteiger partial charge in [0.25, 0.3) is 0 Å². The minimum absolute atomic E-state index is 0.00368. The lowest BCUT2D eigenvalue weighted by molar-refractivity contribution is -0.138. The smallest absolute Gasteiger partial charge is 0.350 e. The number of nitrogens with zero attached hydrogens (tertiary/aromatic N) is 2. The second-order valence-electron chi connectivity index (χ2n) is 3.38. The van der Waals surface area contributed by atoms with Gasteiger partial charge in [-0.05, 0) is 6.42 Å². The van der Waals surface area contributed by atoms with Crippen molar-refractivity contribution in [2.75, 3.05) is 0 Å². The number of rotatable bonds is 5. The Bertz CT molecular complexity index is 378. The number of halogens is 3. The quantitative estimate of drug-likeness (QED) is 0.891. The maximum Gasteiger partial charge on any atom is 0.445 e. The summed E-state index contributed by atoms with van der Waals surface area (Å²) < 4.78 is 36.6. The largest absolute Gasteiger partial charge is 0.445 e. The van der Waals surface area contributed by atoms with Gasteiger partial charge >= 0.3 is 6.18 Å². The molecule has 0 atom stereocenters. The van der Waals surface area contributed by atoms with Gasteiger partial charge in [-0.3, -0.25) is 4.79 Å². The van der Waals surface area contributed by atoms with E-state index in [1.54, 1.807) is 0 Å². The van der Waals surface area contributed by atoms with Gasteiger partial charge in [0.1, 0.15) is 5.01 Å². The standard InChI is InChI=1S/C9H12F3N3OS/c1-2-3-4-6(16)13-5-7-14-15-8(17-7)9(10,11)12/h2-5H2,1H3,(H,13,16). The van der Waals surface area contributed by atoms with Crippen molar-refractivity contribution in [3.8, 4) is 0 Å². The molecular weight excluding hydrogens is 255 g/mol. The molecule has 1 aromatic rings. The zero-order valence-corrected chi connectivity index (χ0v) is 9.99. The first-order valence-corrected chi connectivity index (χ1v) is 5.91. The van der Waals surface area contributed by atoms with Crippen molar-refractivity contribution in [1.82, 2.24) is 15.5 Å². The Labute approximate surface area is 100 Å². The molecule has 4 nitrogen and oxygen atoms in total. The van der Waals surface area contributed by atoms with Crippen LogP contribution in [0, 0.1) is 0 Å². The van der Waals surface area contributed by atoms with Crippen LogP contribution in [0.25, 0.3) is 0 Å². The summed E-state index contributed by atoms with van der Waals surface area (Å²) in [4.78, 5) is 11.2. The lowest BCUT2D eigenvalue weighted by Gasteiger charge is -2.01. The second kappa shape index (κ2) is 5.95. The molecule has 0 radical (unpaired) electrons. The number of carbonyl (C=O) groups excluding carboxylic acids is 1. The van der Waals surface area contributed by atoms with Gasteiger partial charge in [0.15, 0.2) is 0 Å². The van der Waals surface area contributed by atoms with Crippen LogP contribution in [0.1, 0.15) is 36.2 Å². The van der Waals surface area contributed by atoms with E-state index in [2.05, 4.69) is 15.5 Å². The van der Waals surface area contributed by atoms with Gasteiger partial charge in [-0.2, -0.15) is 13.2 Å². The van der Waals surface area contributed by atoms with Crippen molar-refractivity contribution in [3.63, 3.8) is 0 Å². The summed E-state index contributed by atoms with van der Waals surface area (Å²) in [5, 5.41) is 8.05. The monoisotopic (exact) mass is 267 g/mol. The van der Waals surface area contributed by atoms with E-state index in [-0.39, 0.29) is 17.5 Å². The summed E-state index contributed by atoms with van der Waals surface area (Å²) >= 11 is 0.444. The number of aromatic nitrogens is 2. The van der Waals surface area contributed by atoms with Crippen LogP contribution < -0.4 is 5.32 Å². The van der Waals surface area contributed by atoms with Crippen LogP contribution in [0.3, 0.4) is 0 Å². The lowest BCUT2D eigenvalue weighted by Crippen LogP contribution is -2.22. The van der Waals surface area contributed by atoms with Gasteiger partial charge < -0.3 is 5.32 Å². The van der Waals surface area contributed by atoms with Crippen molar-refractivity contribution >= 4 is 17.2 Å². The summed E-state index contributed by atoms with van der Waals surface area (Å²) in [6, 6.07) is 0. The fourth-order valence-corrected chi connectivity index (χ4v) is 1.69. The summed E-state index contributed by atoms with van der Waals surface area (Å²) in [6.45, 7) is 1.95. The van der Waals surface area contributed by atoms with E-state index in [9.17, 15) is 18.0 Å². The van der Waals surface area contributed by atoms with Gasteiger partial charge in [0.2, 0.25) is 10.9 Å². The van der Waals surface area contributed by atoms with Gasteiger partial charge in [-0.25, -0.2) is 0 Å². The average Bonchev–Trinajstić information content (AvgIpc) is 2.71. The van der Waals surface area contributed by atoms with E-state index in [4.69, 9.17) is 0 Å². The van der Waals surface area contributed by atoms with E-state index in [0.29, 0.717) is 17.8 Å². The fourth-order valence-electron chi connectivity index (χ4n) is 1.04. The molecule has 1 aromatic heterocycles. The summed E-state index contributed by atoms with van der Waals surface area (Å²) in [6.07, 6.45) is -2.44. The number of amides is 1. The minimum atomic E-state index is -4.47. The molecule has 0 aliphatic carbocycles. The Morgan fingerprint density at radius 2 is 2.12 bits per heavy atom. The zero-order chi connectivity index (χ0) is 12.9. The summed E-state index contributed by atoms with van der Waals surface area (Å²) in [5.74, 6) is -0.185. The molecule has 96 valence electrons. The molecular formula is C9H12F3N3OS. The number of hydrogen-bond acceptors (Lipinski definition) is 4. The van der Waals surface area contributed by atoms with E-state index in [1.807, 2.05) is 6.92 Å². The Morgan fingerprint density at radius 3 is 2.65 bits per heavy atom. The van der Waals surface area contributed by atoms with Gasteiger partial charge in [-0.15, -0.1) is 10.2 Å². The number of hydrogen-bond donors (Lipinski definition) is 1. The van der Waals surface area contributed by atoms with Crippen LogP contribution in [0.15, 0.2) is 0 Å². The number of alkyl halides is 3. The maximum absolute atomic E-state index is 12.2. The zero-order valence-electron chi connectivity index (χ0n) is 9.17. The molecule has 1 amide bonds. The third-order valence-corrected chi connectivity index (χ3v) is 2.87. The van der Waals surface area contributed by atoms with Crippen LogP contribution in [0.4, 0.5) is 13.2 Å². The Hall–Kier alpha value is -1.18.